The fourth-order valence-corrected chi connectivity index (χ4v) is 6.96. The number of nitrogens with zero attached hydrogens (tertiary/aromatic N) is 6. The van der Waals surface area contributed by atoms with Gasteiger partial charge < -0.3 is 0 Å². The third-order valence-corrected chi connectivity index (χ3v) is 9.06. The lowest BCUT2D eigenvalue weighted by Crippen LogP contribution is -2.25. The van der Waals surface area contributed by atoms with Crippen LogP contribution in [-0.2, 0) is 12.8 Å². The number of benzene rings is 5. The molecule has 232 valence electrons. The first-order valence-electron chi connectivity index (χ1n) is 14.7. The van der Waals surface area contributed by atoms with Gasteiger partial charge in [-0.25, -0.2) is 42.6 Å². The summed E-state index contributed by atoms with van der Waals surface area (Å²) in [6.45, 7) is 22.9. The van der Waals surface area contributed by atoms with E-state index >= 15 is 0 Å². The zero-order valence-electron chi connectivity index (χ0n) is 25.4. The van der Waals surface area contributed by atoms with Crippen LogP contribution >= 0.6 is 0 Å². The minimum absolute atomic E-state index is 0.136. The van der Waals surface area contributed by atoms with Crippen molar-refractivity contribution in [2.45, 2.75) is 12.8 Å². The van der Waals surface area contributed by atoms with Gasteiger partial charge in [-0.3, -0.25) is 0 Å². The zero-order chi connectivity index (χ0) is 35.4. The van der Waals surface area contributed by atoms with E-state index in [-0.39, 0.29) is 40.6 Å². The molecule has 0 amide bonds. The molecule has 7 rings (SSSR count). The molecule has 6 nitrogen and oxygen atoms in total. The van der Waals surface area contributed by atoms with Crippen LogP contribution in [0, 0.1) is 77.0 Å². The average molecular weight is 655 g/mol. The Morgan fingerprint density at radius 1 is 0.580 bits per heavy atom. The molecule has 5 aromatic carbocycles. The predicted octanol–water partition coefficient (Wildman–Crippen LogP) is 8.24. The Morgan fingerprint density at radius 3 is 1.42 bits per heavy atom. The van der Waals surface area contributed by atoms with Crippen LogP contribution in [0.2, 0.25) is 0 Å². The lowest BCUT2D eigenvalue weighted by Gasteiger charge is -2.14. The molecular formula is C40H14F4N6. The molecule has 10 heteroatoms. The van der Waals surface area contributed by atoms with Crippen molar-refractivity contribution in [3.05, 3.63) is 156 Å². The topological polar surface area (TPSA) is 84.4 Å². The second kappa shape index (κ2) is 11.6. The molecule has 50 heavy (non-hydrogen) atoms. The maximum Gasteiger partial charge on any atom is 0.270 e. The molecule has 0 unspecified atom stereocenters. The number of hydrogen-bond acceptors (Lipinski definition) is 3. The summed E-state index contributed by atoms with van der Waals surface area (Å²) in [7, 11) is 0. The van der Waals surface area contributed by atoms with Gasteiger partial charge in [-0.05, 0) is 121 Å². The van der Waals surface area contributed by atoms with E-state index in [4.69, 9.17) is 25.0 Å². The first-order valence-corrected chi connectivity index (χ1v) is 14.7. The molecule has 0 bridgehead atoms. The van der Waals surface area contributed by atoms with Crippen LogP contribution in [0.4, 0.5) is 23.2 Å². The molecule has 0 saturated carbocycles. The van der Waals surface area contributed by atoms with Crippen LogP contribution in [0.3, 0.4) is 0 Å². The molecule has 0 N–H and O–H groups in total. The van der Waals surface area contributed by atoms with Crippen LogP contribution < -0.4 is 10.4 Å². The van der Waals surface area contributed by atoms with Gasteiger partial charge >= 0.3 is 0 Å². The summed E-state index contributed by atoms with van der Waals surface area (Å²) < 4.78 is 58.7. The van der Waals surface area contributed by atoms with Gasteiger partial charge in [-0.15, -0.1) is 0 Å². The highest BCUT2D eigenvalue weighted by Gasteiger charge is 2.32. The van der Waals surface area contributed by atoms with Gasteiger partial charge in [0.15, 0.2) is 0 Å². The van der Waals surface area contributed by atoms with E-state index in [1.54, 1.807) is 36.4 Å². The molecular weight excluding hydrogens is 640 g/mol. The van der Waals surface area contributed by atoms with Crippen molar-refractivity contribution in [2.24, 2.45) is 0 Å². The number of rotatable bonds is 2. The summed E-state index contributed by atoms with van der Waals surface area (Å²) in [5.41, 5.74) is 3.45. The van der Waals surface area contributed by atoms with Gasteiger partial charge in [-0.2, -0.15) is 5.26 Å². The maximum atomic E-state index is 14.7. The van der Waals surface area contributed by atoms with E-state index in [1.165, 1.54) is 6.07 Å². The average Bonchev–Trinajstić information content (AvgIpc) is 3.67. The van der Waals surface area contributed by atoms with E-state index in [1.807, 2.05) is 12.1 Å². The van der Waals surface area contributed by atoms with Crippen molar-refractivity contribution in [3.63, 3.8) is 0 Å². The van der Waals surface area contributed by atoms with E-state index in [9.17, 15) is 28.1 Å². The van der Waals surface area contributed by atoms with Crippen molar-refractivity contribution in [1.82, 2.24) is 0 Å². The molecule has 0 atom stereocenters. The Balaban J connectivity index is 1.59. The summed E-state index contributed by atoms with van der Waals surface area (Å²) >= 11 is 0. The lowest BCUT2D eigenvalue weighted by atomic mass is 9.89. The zero-order valence-corrected chi connectivity index (χ0v) is 25.4. The van der Waals surface area contributed by atoms with Gasteiger partial charge in [0.05, 0.1) is 31.9 Å². The highest BCUT2D eigenvalue weighted by Crippen LogP contribution is 2.43. The number of fused-ring (bicyclic) bond motifs is 6. The standard InChI is InChI=1S/C40H14F4N6/c1-48-34(17-46)36-27-10-21-6-4-19(23-12-30(41)29(16-45)31(42)13-23)8-25(21)37(27)39(35(18-47)49-2)38-26-9-20(5-7-22(26)11-28(36)38)24-14-32(43)40(50-3)33(44)15-24/h4-9,12-15H,10-11H2/b36-34-,39-35-. The quantitative estimate of drug-likeness (QED) is 0.139. The largest absolute Gasteiger partial charge is 0.270 e. The van der Waals surface area contributed by atoms with Crippen molar-refractivity contribution in [2.75, 3.05) is 0 Å². The van der Waals surface area contributed by atoms with E-state index in [2.05, 4.69) is 14.5 Å². The summed E-state index contributed by atoms with van der Waals surface area (Å²) in [4.78, 5) is 10.00. The van der Waals surface area contributed by atoms with E-state index in [0.717, 1.165) is 29.8 Å². The van der Waals surface area contributed by atoms with E-state index < -0.39 is 34.5 Å². The maximum absolute atomic E-state index is 14.7. The van der Waals surface area contributed by atoms with Crippen LogP contribution in [0.5, 0.6) is 0 Å². The molecule has 2 aliphatic carbocycles. The first kappa shape index (κ1) is 31.1. The lowest BCUT2D eigenvalue weighted by molar-refractivity contribution is 0.577. The summed E-state index contributed by atoms with van der Waals surface area (Å²) in [6.07, 6.45) is 0.449. The fourth-order valence-electron chi connectivity index (χ4n) is 6.96. The van der Waals surface area contributed by atoms with Crippen molar-refractivity contribution in [3.8, 4) is 62.7 Å². The highest BCUT2D eigenvalue weighted by molar-refractivity contribution is 5.95. The molecule has 0 heterocycles. The second-order valence-electron chi connectivity index (χ2n) is 11.5. The molecule has 0 radical (unpaired) electrons. The Labute approximate surface area is 282 Å². The normalized spacial score (nSPS) is 12.8. The SMILES string of the molecule is [C-]#[N+]/C(C#N)=c1/c2c(/c(=C(\C#N)[N+]#[C-])c3c1Cc1ccc(-c4cc(F)c([N+]#[C-])c(F)c4)cc1-3)-c1cc(-c3cc(F)c(C#N)c(F)c3)ccc1C2. The Hall–Kier alpha value is -7.50. The van der Waals surface area contributed by atoms with Gasteiger partial charge in [0.2, 0.25) is 0 Å². The van der Waals surface area contributed by atoms with Gasteiger partial charge in [-0.1, -0.05) is 24.3 Å². The molecule has 2 aliphatic rings. The molecule has 0 fully saturated rings. The van der Waals surface area contributed by atoms with Crippen LogP contribution in [0.1, 0.15) is 27.8 Å². The number of halogens is 4. The molecule has 0 aliphatic heterocycles. The monoisotopic (exact) mass is 654 g/mol. The van der Waals surface area contributed by atoms with Gasteiger partial charge in [0.25, 0.3) is 17.1 Å². The van der Waals surface area contributed by atoms with Crippen LogP contribution in [0.15, 0.2) is 60.7 Å². The molecule has 0 spiro atoms. The summed E-state index contributed by atoms with van der Waals surface area (Å²) in [6, 6.07) is 19.7. The number of hydrogen-bond donors (Lipinski definition) is 0. The smallest absolute Gasteiger partial charge is 0.232 e. The minimum Gasteiger partial charge on any atom is -0.232 e. The third kappa shape index (κ3) is 4.50. The Morgan fingerprint density at radius 2 is 1.02 bits per heavy atom. The van der Waals surface area contributed by atoms with Gasteiger partial charge in [0, 0.05) is 5.22 Å². The third-order valence-electron chi connectivity index (χ3n) is 9.06. The van der Waals surface area contributed by atoms with Crippen molar-refractivity contribution >= 4 is 17.1 Å². The van der Waals surface area contributed by atoms with Crippen molar-refractivity contribution in [1.29, 1.82) is 15.8 Å². The first-order chi connectivity index (χ1) is 24.2. The minimum atomic E-state index is -1.04. The van der Waals surface area contributed by atoms with Gasteiger partial charge in [0.1, 0.15) is 34.9 Å². The molecule has 0 aromatic heterocycles. The van der Waals surface area contributed by atoms with Crippen LogP contribution in [-0.4, -0.2) is 0 Å². The highest BCUT2D eigenvalue weighted by atomic mass is 19.1. The summed E-state index contributed by atoms with van der Waals surface area (Å²) in [5, 5.41) is 30.1. The second-order valence-corrected chi connectivity index (χ2v) is 11.5. The Bertz CT molecular complexity index is 2600. The summed E-state index contributed by atoms with van der Waals surface area (Å²) in [5.74, 6) is -4.16. The fraction of sp³-hybridized carbons (Fsp3) is 0.0500. The molecule has 0 saturated heterocycles. The molecule has 5 aromatic rings. The van der Waals surface area contributed by atoms with Crippen molar-refractivity contribution < 1.29 is 17.6 Å². The number of nitriles is 3. The predicted molar refractivity (Wildman–Crippen MR) is 175 cm³/mol. The van der Waals surface area contributed by atoms with E-state index in [0.29, 0.717) is 55.3 Å². The van der Waals surface area contributed by atoms with Crippen LogP contribution in [0.25, 0.3) is 70.4 Å². The Kier molecular flexibility index (Phi) is 7.24.